The molecule has 20 heavy (non-hydrogen) atoms. The van der Waals surface area contributed by atoms with Gasteiger partial charge in [0.2, 0.25) is 0 Å². The Hall–Kier alpha value is -0.600. The highest BCUT2D eigenvalue weighted by Crippen LogP contribution is 2.19. The largest absolute Gasteiger partial charge is 0.236 e. The van der Waals surface area contributed by atoms with E-state index in [4.69, 9.17) is 9.78 Å². The van der Waals surface area contributed by atoms with Crippen LogP contribution in [0.25, 0.3) is 0 Å². The lowest BCUT2D eigenvalue weighted by Crippen LogP contribution is -2.02. The minimum Gasteiger partial charge on any atom is -0.236 e. The van der Waals surface area contributed by atoms with E-state index >= 15 is 0 Å². The van der Waals surface area contributed by atoms with Crippen LogP contribution in [0.5, 0.6) is 0 Å². The fourth-order valence-corrected chi connectivity index (χ4v) is 1.46. The zero-order valence-electron chi connectivity index (χ0n) is 14.4. The highest BCUT2D eigenvalue weighted by molar-refractivity contribution is 4.86. The van der Waals surface area contributed by atoms with E-state index in [0.29, 0.717) is 24.0 Å². The molecular formula is C18H34O2. The monoisotopic (exact) mass is 282 g/mol. The Morgan fingerprint density at radius 3 is 1.25 bits per heavy atom. The van der Waals surface area contributed by atoms with Crippen molar-refractivity contribution in [3.63, 3.8) is 0 Å². The molecule has 0 aliphatic rings. The quantitative estimate of drug-likeness (QED) is 0.234. The first kappa shape index (κ1) is 19.4. The van der Waals surface area contributed by atoms with Crippen molar-refractivity contribution in [1.29, 1.82) is 0 Å². The van der Waals surface area contributed by atoms with E-state index in [1.807, 2.05) is 0 Å². The molecule has 0 amide bonds. The van der Waals surface area contributed by atoms with E-state index in [1.54, 1.807) is 0 Å². The minimum atomic E-state index is 0.368. The van der Waals surface area contributed by atoms with Gasteiger partial charge in [-0.3, -0.25) is 0 Å². The van der Waals surface area contributed by atoms with Crippen LogP contribution in [0.3, 0.4) is 0 Å². The maximum atomic E-state index is 5.13. The van der Waals surface area contributed by atoms with Crippen molar-refractivity contribution >= 4 is 0 Å². The van der Waals surface area contributed by atoms with Crippen LogP contribution in [-0.4, -0.2) is 13.2 Å². The van der Waals surface area contributed by atoms with Crippen molar-refractivity contribution in [2.45, 2.75) is 67.2 Å². The molecule has 0 aliphatic carbocycles. The normalized spacial score (nSPS) is 13.7. The summed E-state index contributed by atoms with van der Waals surface area (Å²) in [6.45, 7) is 14.7. The van der Waals surface area contributed by atoms with Gasteiger partial charge in [0.25, 0.3) is 0 Å². The molecule has 0 atom stereocenters. The summed E-state index contributed by atoms with van der Waals surface area (Å²) in [5.41, 5.74) is 0.737. The Morgan fingerprint density at radius 2 is 0.950 bits per heavy atom. The maximum Gasteiger partial charge on any atom is 0.0856 e. The van der Waals surface area contributed by atoms with Crippen molar-refractivity contribution in [3.05, 3.63) is 24.3 Å². The van der Waals surface area contributed by atoms with Crippen molar-refractivity contribution in [1.82, 2.24) is 0 Å². The number of rotatable bonds is 9. The molecule has 0 aromatic carbocycles. The molecule has 0 saturated heterocycles. The number of hydrogen-bond acceptors (Lipinski definition) is 2. The van der Waals surface area contributed by atoms with Gasteiger partial charge in [-0.25, -0.2) is 9.78 Å². The molecule has 0 radical (unpaired) electrons. The third-order valence-corrected chi connectivity index (χ3v) is 2.61. The van der Waals surface area contributed by atoms with Crippen LogP contribution in [-0.2, 0) is 9.78 Å². The molecule has 0 aromatic heterocycles. The number of allylic oxidation sites excluding steroid dienone is 2. The standard InChI is InChI=1S/C18H34O2/c1-17(2,3)13-9-7-11-15-19-20-16-12-8-10-14-18(4,5)6/h7-10H,11-16H2,1-6H3. The van der Waals surface area contributed by atoms with Gasteiger partial charge in [0.1, 0.15) is 0 Å². The van der Waals surface area contributed by atoms with Crippen LogP contribution in [0, 0.1) is 10.8 Å². The van der Waals surface area contributed by atoms with Gasteiger partial charge in [-0.2, -0.15) is 0 Å². The van der Waals surface area contributed by atoms with Gasteiger partial charge in [-0.1, -0.05) is 65.8 Å². The van der Waals surface area contributed by atoms with E-state index in [1.165, 1.54) is 0 Å². The van der Waals surface area contributed by atoms with Gasteiger partial charge in [0.15, 0.2) is 0 Å². The first-order valence-corrected chi connectivity index (χ1v) is 7.75. The third kappa shape index (κ3) is 17.4. The summed E-state index contributed by atoms with van der Waals surface area (Å²) < 4.78 is 0. The molecule has 2 heteroatoms. The topological polar surface area (TPSA) is 18.5 Å². The second-order valence-corrected chi connectivity index (χ2v) is 7.69. The first-order chi connectivity index (χ1) is 9.21. The molecular weight excluding hydrogens is 248 g/mol. The summed E-state index contributed by atoms with van der Waals surface area (Å²) in [6.07, 6.45) is 12.8. The number of hydrogen-bond donors (Lipinski definition) is 0. The van der Waals surface area contributed by atoms with Gasteiger partial charge in [-0.15, -0.1) is 0 Å². The van der Waals surface area contributed by atoms with Gasteiger partial charge >= 0.3 is 0 Å². The Bertz CT molecular complexity index is 247. The molecule has 0 bridgehead atoms. The van der Waals surface area contributed by atoms with Crippen LogP contribution in [0.15, 0.2) is 24.3 Å². The molecule has 0 fully saturated rings. The maximum absolute atomic E-state index is 5.13. The highest BCUT2D eigenvalue weighted by atomic mass is 17.2. The van der Waals surface area contributed by atoms with Gasteiger partial charge in [0, 0.05) is 0 Å². The highest BCUT2D eigenvalue weighted by Gasteiger charge is 2.06. The Kier molecular flexibility index (Phi) is 9.87. The molecule has 0 saturated carbocycles. The molecule has 2 nitrogen and oxygen atoms in total. The van der Waals surface area contributed by atoms with Gasteiger partial charge < -0.3 is 0 Å². The molecule has 118 valence electrons. The van der Waals surface area contributed by atoms with Crippen LogP contribution in [0.2, 0.25) is 0 Å². The summed E-state index contributed by atoms with van der Waals surface area (Å²) in [5.74, 6) is 0. The Morgan fingerprint density at radius 1 is 0.600 bits per heavy atom. The van der Waals surface area contributed by atoms with E-state index in [9.17, 15) is 0 Å². The van der Waals surface area contributed by atoms with E-state index in [2.05, 4.69) is 65.8 Å². The van der Waals surface area contributed by atoms with Crippen molar-refractivity contribution in [2.24, 2.45) is 10.8 Å². The second kappa shape index (κ2) is 10.2. The zero-order valence-corrected chi connectivity index (χ0v) is 14.4. The first-order valence-electron chi connectivity index (χ1n) is 7.75. The minimum absolute atomic E-state index is 0.368. The SMILES string of the molecule is CC(C)(C)CC=CCCOOCCC=CCC(C)(C)C. The molecule has 0 aliphatic heterocycles. The lowest BCUT2D eigenvalue weighted by molar-refractivity contribution is -0.292. The third-order valence-electron chi connectivity index (χ3n) is 2.61. The smallest absolute Gasteiger partial charge is 0.0856 e. The Labute approximate surface area is 126 Å². The predicted molar refractivity (Wildman–Crippen MR) is 87.6 cm³/mol. The lowest BCUT2D eigenvalue weighted by atomic mass is 9.92. The molecule has 0 spiro atoms. The summed E-state index contributed by atoms with van der Waals surface area (Å²) >= 11 is 0. The van der Waals surface area contributed by atoms with Crippen LogP contribution in [0.1, 0.15) is 67.2 Å². The van der Waals surface area contributed by atoms with Crippen LogP contribution >= 0.6 is 0 Å². The van der Waals surface area contributed by atoms with Crippen molar-refractivity contribution in [2.75, 3.05) is 13.2 Å². The Balaban J connectivity index is 3.33. The van der Waals surface area contributed by atoms with Crippen molar-refractivity contribution < 1.29 is 9.78 Å². The van der Waals surface area contributed by atoms with Crippen molar-refractivity contribution in [3.8, 4) is 0 Å². The molecule has 0 N–H and O–H groups in total. The van der Waals surface area contributed by atoms with E-state index in [0.717, 1.165) is 25.7 Å². The van der Waals surface area contributed by atoms with Gasteiger partial charge in [-0.05, 0) is 36.5 Å². The fourth-order valence-electron chi connectivity index (χ4n) is 1.46. The fraction of sp³-hybridized carbons (Fsp3) is 0.778. The van der Waals surface area contributed by atoms with E-state index in [-0.39, 0.29) is 0 Å². The predicted octanol–water partition coefficient (Wildman–Crippen LogP) is 5.70. The summed E-state index contributed by atoms with van der Waals surface area (Å²) in [6, 6.07) is 0. The second-order valence-electron chi connectivity index (χ2n) is 7.69. The van der Waals surface area contributed by atoms with Gasteiger partial charge in [0.05, 0.1) is 13.2 Å². The molecule has 0 heterocycles. The molecule has 0 rings (SSSR count). The van der Waals surface area contributed by atoms with E-state index < -0.39 is 0 Å². The summed E-state index contributed by atoms with van der Waals surface area (Å²) in [5, 5.41) is 0. The summed E-state index contributed by atoms with van der Waals surface area (Å²) in [4.78, 5) is 10.3. The van der Waals surface area contributed by atoms with Crippen LogP contribution < -0.4 is 0 Å². The average Bonchev–Trinajstić information content (AvgIpc) is 2.27. The molecule has 0 aromatic rings. The summed E-state index contributed by atoms with van der Waals surface area (Å²) in [7, 11) is 0. The average molecular weight is 282 g/mol. The molecule has 0 unspecified atom stereocenters. The zero-order chi connectivity index (χ0) is 15.5. The van der Waals surface area contributed by atoms with Crippen LogP contribution in [0.4, 0.5) is 0 Å². The lowest BCUT2D eigenvalue weighted by Gasteiger charge is -2.14.